The minimum absolute atomic E-state index is 0.112. The number of benzene rings is 2. The van der Waals surface area contributed by atoms with Gasteiger partial charge in [-0.2, -0.15) is 0 Å². The molecule has 0 aliphatic carbocycles. The third-order valence-corrected chi connectivity index (χ3v) is 2.96. The first-order valence-corrected chi connectivity index (χ1v) is 6.13. The Morgan fingerprint density at radius 2 is 1.90 bits per heavy atom. The van der Waals surface area contributed by atoms with E-state index in [1.165, 1.54) is 26.4 Å². The van der Waals surface area contributed by atoms with E-state index in [2.05, 4.69) is 0 Å². The summed E-state index contributed by atoms with van der Waals surface area (Å²) < 4.78 is 23.4. The zero-order chi connectivity index (χ0) is 14.5. The van der Waals surface area contributed by atoms with Gasteiger partial charge in [0.1, 0.15) is 17.3 Å². The Kier molecular flexibility index (Phi) is 4.35. The molecule has 0 saturated heterocycles. The standard InChI is InChI=1S/C16H15FO3/c1-19-13-6-7-16(20-2)14(10-13)15(18)9-11-4-3-5-12(17)8-11/h3-8,10H,9H2,1-2H3. The molecule has 0 aliphatic rings. The van der Waals surface area contributed by atoms with Crippen LogP contribution in [0.15, 0.2) is 42.5 Å². The molecular weight excluding hydrogens is 259 g/mol. The molecule has 0 aromatic heterocycles. The van der Waals surface area contributed by atoms with Crippen LogP contribution in [0.5, 0.6) is 11.5 Å². The maximum absolute atomic E-state index is 13.1. The Labute approximate surface area is 117 Å². The molecule has 0 amide bonds. The lowest BCUT2D eigenvalue weighted by molar-refractivity contribution is 0.0989. The molecule has 4 heteroatoms. The lowest BCUT2D eigenvalue weighted by Gasteiger charge is -2.09. The van der Waals surface area contributed by atoms with Crippen molar-refractivity contribution >= 4 is 5.78 Å². The van der Waals surface area contributed by atoms with Gasteiger partial charge in [-0.15, -0.1) is 0 Å². The molecule has 0 radical (unpaired) electrons. The van der Waals surface area contributed by atoms with Crippen molar-refractivity contribution in [3.63, 3.8) is 0 Å². The molecule has 0 saturated carbocycles. The van der Waals surface area contributed by atoms with Crippen LogP contribution in [0.2, 0.25) is 0 Å². The molecule has 2 aromatic carbocycles. The number of ether oxygens (including phenoxy) is 2. The number of hydrogen-bond donors (Lipinski definition) is 0. The summed E-state index contributed by atoms with van der Waals surface area (Å²) in [4.78, 5) is 12.3. The van der Waals surface area contributed by atoms with Gasteiger partial charge in [-0.1, -0.05) is 12.1 Å². The lowest BCUT2D eigenvalue weighted by Crippen LogP contribution is -2.06. The van der Waals surface area contributed by atoms with Gasteiger partial charge in [0.2, 0.25) is 0 Å². The molecule has 0 heterocycles. The fraction of sp³-hybridized carbons (Fsp3) is 0.188. The van der Waals surface area contributed by atoms with Gasteiger partial charge < -0.3 is 9.47 Å². The van der Waals surface area contributed by atoms with E-state index in [-0.39, 0.29) is 18.0 Å². The number of halogens is 1. The fourth-order valence-electron chi connectivity index (χ4n) is 1.96. The highest BCUT2D eigenvalue weighted by molar-refractivity contribution is 6.00. The topological polar surface area (TPSA) is 35.5 Å². The van der Waals surface area contributed by atoms with E-state index in [0.717, 1.165) is 0 Å². The molecule has 20 heavy (non-hydrogen) atoms. The predicted octanol–water partition coefficient (Wildman–Crippen LogP) is 3.27. The van der Waals surface area contributed by atoms with Crippen LogP contribution in [0.4, 0.5) is 4.39 Å². The minimum Gasteiger partial charge on any atom is -0.497 e. The van der Waals surface area contributed by atoms with Crippen molar-refractivity contribution in [1.82, 2.24) is 0 Å². The molecule has 0 aliphatic heterocycles. The number of ketones is 1. The van der Waals surface area contributed by atoms with E-state index in [4.69, 9.17) is 9.47 Å². The Morgan fingerprint density at radius 1 is 1.10 bits per heavy atom. The second-order valence-corrected chi connectivity index (χ2v) is 4.30. The van der Waals surface area contributed by atoms with E-state index in [9.17, 15) is 9.18 Å². The Balaban J connectivity index is 2.28. The van der Waals surface area contributed by atoms with Gasteiger partial charge in [0.05, 0.1) is 19.8 Å². The Bertz CT molecular complexity index is 623. The van der Waals surface area contributed by atoms with Crippen molar-refractivity contribution in [3.05, 3.63) is 59.4 Å². The largest absolute Gasteiger partial charge is 0.497 e. The first-order chi connectivity index (χ1) is 9.63. The first-order valence-electron chi connectivity index (χ1n) is 6.13. The van der Waals surface area contributed by atoms with Crippen LogP contribution in [0.1, 0.15) is 15.9 Å². The molecular formula is C16H15FO3. The van der Waals surface area contributed by atoms with Crippen molar-refractivity contribution in [2.45, 2.75) is 6.42 Å². The van der Waals surface area contributed by atoms with Crippen molar-refractivity contribution in [2.24, 2.45) is 0 Å². The molecule has 0 fully saturated rings. The van der Waals surface area contributed by atoms with Gasteiger partial charge in [0, 0.05) is 6.42 Å². The predicted molar refractivity (Wildman–Crippen MR) is 74.0 cm³/mol. The van der Waals surface area contributed by atoms with Crippen LogP contribution >= 0.6 is 0 Å². The van der Waals surface area contributed by atoms with Crippen LogP contribution in [-0.2, 0) is 6.42 Å². The van der Waals surface area contributed by atoms with Crippen LogP contribution in [-0.4, -0.2) is 20.0 Å². The number of carbonyl (C=O) groups excluding carboxylic acids is 1. The highest BCUT2D eigenvalue weighted by atomic mass is 19.1. The van der Waals surface area contributed by atoms with Gasteiger partial charge >= 0.3 is 0 Å². The first kappa shape index (κ1) is 14.1. The average molecular weight is 274 g/mol. The van der Waals surface area contributed by atoms with E-state index < -0.39 is 0 Å². The van der Waals surface area contributed by atoms with Crippen LogP contribution in [0.25, 0.3) is 0 Å². The molecule has 0 unspecified atom stereocenters. The summed E-state index contributed by atoms with van der Waals surface area (Å²) in [5, 5.41) is 0. The third kappa shape index (κ3) is 3.15. The summed E-state index contributed by atoms with van der Waals surface area (Å²) >= 11 is 0. The quantitative estimate of drug-likeness (QED) is 0.785. The zero-order valence-electron chi connectivity index (χ0n) is 11.4. The van der Waals surface area contributed by atoms with Crippen molar-refractivity contribution < 1.29 is 18.7 Å². The molecule has 2 rings (SSSR count). The van der Waals surface area contributed by atoms with Crippen LogP contribution in [0, 0.1) is 5.82 Å². The summed E-state index contributed by atoms with van der Waals surface area (Å²) in [7, 11) is 3.03. The van der Waals surface area contributed by atoms with Crippen molar-refractivity contribution in [2.75, 3.05) is 14.2 Å². The number of hydrogen-bond acceptors (Lipinski definition) is 3. The molecule has 0 atom stereocenters. The molecule has 3 nitrogen and oxygen atoms in total. The molecule has 0 N–H and O–H groups in total. The van der Waals surface area contributed by atoms with Crippen molar-refractivity contribution in [1.29, 1.82) is 0 Å². The van der Waals surface area contributed by atoms with Crippen LogP contribution in [0.3, 0.4) is 0 Å². The molecule has 2 aromatic rings. The van der Waals surface area contributed by atoms with Gasteiger partial charge in [0.25, 0.3) is 0 Å². The van der Waals surface area contributed by atoms with Gasteiger partial charge in [-0.3, -0.25) is 4.79 Å². The minimum atomic E-state index is -0.354. The summed E-state index contributed by atoms with van der Waals surface area (Å²) in [6, 6.07) is 11.0. The maximum Gasteiger partial charge on any atom is 0.171 e. The second-order valence-electron chi connectivity index (χ2n) is 4.30. The lowest BCUT2D eigenvalue weighted by atomic mass is 10.0. The van der Waals surface area contributed by atoms with Crippen LogP contribution < -0.4 is 9.47 Å². The van der Waals surface area contributed by atoms with Gasteiger partial charge in [-0.25, -0.2) is 4.39 Å². The second kappa shape index (κ2) is 6.19. The number of methoxy groups -OCH3 is 2. The fourth-order valence-corrected chi connectivity index (χ4v) is 1.96. The SMILES string of the molecule is COc1ccc(OC)c(C(=O)Cc2cccc(F)c2)c1. The number of carbonyl (C=O) groups is 1. The highest BCUT2D eigenvalue weighted by Crippen LogP contribution is 2.25. The smallest absolute Gasteiger partial charge is 0.171 e. The third-order valence-electron chi connectivity index (χ3n) is 2.96. The Morgan fingerprint density at radius 3 is 2.55 bits per heavy atom. The van der Waals surface area contributed by atoms with Gasteiger partial charge in [0.15, 0.2) is 5.78 Å². The normalized spacial score (nSPS) is 10.2. The maximum atomic E-state index is 13.1. The van der Waals surface area contributed by atoms with E-state index in [0.29, 0.717) is 22.6 Å². The summed E-state index contributed by atoms with van der Waals surface area (Å²) in [6.45, 7) is 0. The molecule has 0 spiro atoms. The van der Waals surface area contributed by atoms with E-state index in [1.54, 1.807) is 30.3 Å². The highest BCUT2D eigenvalue weighted by Gasteiger charge is 2.14. The molecule has 0 bridgehead atoms. The summed E-state index contributed by atoms with van der Waals surface area (Å²) in [5.41, 5.74) is 1.05. The monoisotopic (exact) mass is 274 g/mol. The van der Waals surface area contributed by atoms with Gasteiger partial charge in [-0.05, 0) is 35.9 Å². The zero-order valence-corrected chi connectivity index (χ0v) is 11.4. The summed E-state index contributed by atoms with van der Waals surface area (Å²) in [5.74, 6) is 0.555. The number of rotatable bonds is 5. The number of Topliss-reactive ketones (excluding diaryl/α,β-unsaturated/α-hetero) is 1. The molecule has 104 valence electrons. The Hall–Kier alpha value is -2.36. The van der Waals surface area contributed by atoms with E-state index >= 15 is 0 Å². The van der Waals surface area contributed by atoms with E-state index in [1.807, 2.05) is 0 Å². The van der Waals surface area contributed by atoms with Crippen molar-refractivity contribution in [3.8, 4) is 11.5 Å². The average Bonchev–Trinajstić information content (AvgIpc) is 2.46. The summed E-state index contributed by atoms with van der Waals surface area (Å²) in [6.07, 6.45) is 0.112.